The monoisotopic (exact) mass is 201 g/mol. The topological polar surface area (TPSA) is 12.0 Å². The molecule has 0 amide bonds. The van der Waals surface area contributed by atoms with Gasteiger partial charge in [-0.3, -0.25) is 0 Å². The van der Waals surface area contributed by atoms with Crippen molar-refractivity contribution in [1.82, 2.24) is 5.32 Å². The summed E-state index contributed by atoms with van der Waals surface area (Å²) >= 11 is 7.50. The first kappa shape index (κ1) is 9.78. The Kier molecular flexibility index (Phi) is 3.79. The van der Waals surface area contributed by atoms with E-state index in [0.717, 1.165) is 16.4 Å². The van der Waals surface area contributed by atoms with Gasteiger partial charge in [-0.05, 0) is 25.4 Å². The van der Waals surface area contributed by atoms with Gasteiger partial charge in [0.25, 0.3) is 0 Å². The molecular weight excluding hydrogens is 190 g/mol. The summed E-state index contributed by atoms with van der Waals surface area (Å²) in [6.07, 6.45) is 2.11. The maximum Gasteiger partial charge on any atom is 0.100 e. The van der Waals surface area contributed by atoms with E-state index in [4.69, 9.17) is 11.6 Å². The smallest absolute Gasteiger partial charge is 0.100 e. The Morgan fingerprint density at radius 1 is 1.75 bits per heavy atom. The molecule has 1 rings (SSSR count). The molecule has 1 aromatic rings. The van der Waals surface area contributed by atoms with Crippen LogP contribution < -0.4 is 5.32 Å². The van der Waals surface area contributed by atoms with Crippen LogP contribution in [0.1, 0.15) is 12.5 Å². The second kappa shape index (κ2) is 4.65. The first-order chi connectivity index (χ1) is 5.74. The van der Waals surface area contributed by atoms with E-state index in [9.17, 15) is 0 Å². The van der Waals surface area contributed by atoms with Crippen molar-refractivity contribution in [3.63, 3.8) is 0 Å². The summed E-state index contributed by atoms with van der Waals surface area (Å²) in [5, 5.41) is 5.09. The molecule has 0 bridgehead atoms. The highest BCUT2D eigenvalue weighted by Crippen LogP contribution is 2.24. The summed E-state index contributed by atoms with van der Waals surface area (Å²) < 4.78 is 0.866. The molecule has 0 saturated heterocycles. The van der Waals surface area contributed by atoms with Crippen molar-refractivity contribution in [2.75, 3.05) is 13.6 Å². The van der Waals surface area contributed by atoms with E-state index in [1.165, 1.54) is 5.57 Å². The summed E-state index contributed by atoms with van der Waals surface area (Å²) in [6, 6.07) is 2.03. The van der Waals surface area contributed by atoms with Gasteiger partial charge in [-0.1, -0.05) is 23.3 Å². The van der Waals surface area contributed by atoms with Crippen molar-refractivity contribution in [3.8, 4) is 0 Å². The van der Waals surface area contributed by atoms with Gasteiger partial charge in [-0.15, -0.1) is 11.3 Å². The molecule has 12 heavy (non-hydrogen) atoms. The average molecular weight is 202 g/mol. The summed E-state index contributed by atoms with van der Waals surface area (Å²) in [5.74, 6) is 0. The van der Waals surface area contributed by atoms with Crippen molar-refractivity contribution in [1.29, 1.82) is 0 Å². The molecule has 0 aromatic carbocycles. The maximum atomic E-state index is 5.94. The highest BCUT2D eigenvalue weighted by Gasteiger charge is 1.97. The lowest BCUT2D eigenvalue weighted by Crippen LogP contribution is -2.08. The molecule has 0 fully saturated rings. The van der Waals surface area contributed by atoms with E-state index in [2.05, 4.69) is 18.3 Å². The van der Waals surface area contributed by atoms with Gasteiger partial charge in [-0.25, -0.2) is 0 Å². The standard InChI is InChI=1S/C9H12ClNS/c1-7(6-11-2)5-8-3-4-12-9(8)10/h3-5,11H,6H2,1-2H3/b7-5+. The Labute approximate surface area is 82.1 Å². The second-order valence-corrected chi connectivity index (χ2v) is 4.19. The predicted octanol–water partition coefficient (Wildman–Crippen LogP) is 3.02. The van der Waals surface area contributed by atoms with E-state index in [0.29, 0.717) is 0 Å². The van der Waals surface area contributed by atoms with Crippen molar-refractivity contribution in [2.24, 2.45) is 0 Å². The maximum absolute atomic E-state index is 5.94. The molecule has 66 valence electrons. The van der Waals surface area contributed by atoms with Gasteiger partial charge in [0.2, 0.25) is 0 Å². The summed E-state index contributed by atoms with van der Waals surface area (Å²) in [5.41, 5.74) is 2.41. The minimum Gasteiger partial charge on any atom is -0.316 e. The first-order valence-electron chi connectivity index (χ1n) is 3.79. The molecule has 0 spiro atoms. The molecule has 1 N–H and O–H groups in total. The molecule has 0 saturated carbocycles. The number of hydrogen-bond donors (Lipinski definition) is 1. The summed E-state index contributed by atoms with van der Waals surface area (Å²) in [6.45, 7) is 3.00. The van der Waals surface area contributed by atoms with Crippen molar-refractivity contribution >= 4 is 29.0 Å². The van der Waals surface area contributed by atoms with E-state index in [1.807, 2.05) is 18.5 Å². The fraction of sp³-hybridized carbons (Fsp3) is 0.333. The van der Waals surface area contributed by atoms with Crippen LogP contribution >= 0.6 is 22.9 Å². The largest absolute Gasteiger partial charge is 0.316 e. The van der Waals surface area contributed by atoms with Crippen molar-refractivity contribution < 1.29 is 0 Å². The van der Waals surface area contributed by atoms with Gasteiger partial charge in [-0.2, -0.15) is 0 Å². The van der Waals surface area contributed by atoms with E-state index >= 15 is 0 Å². The highest BCUT2D eigenvalue weighted by molar-refractivity contribution is 7.14. The minimum atomic E-state index is 0.866. The van der Waals surface area contributed by atoms with Crippen LogP contribution in [-0.2, 0) is 0 Å². The van der Waals surface area contributed by atoms with E-state index in [-0.39, 0.29) is 0 Å². The molecule has 0 radical (unpaired) electrons. The van der Waals surface area contributed by atoms with Gasteiger partial charge in [0.1, 0.15) is 4.34 Å². The zero-order valence-corrected chi connectivity index (χ0v) is 8.80. The third kappa shape index (κ3) is 2.63. The molecule has 0 unspecified atom stereocenters. The Morgan fingerprint density at radius 2 is 2.50 bits per heavy atom. The normalized spacial score (nSPS) is 12.1. The number of likely N-dealkylation sites (N-methyl/N-ethyl adjacent to an activating group) is 1. The van der Waals surface area contributed by atoms with Gasteiger partial charge in [0.15, 0.2) is 0 Å². The van der Waals surface area contributed by atoms with Crippen molar-refractivity contribution in [3.05, 3.63) is 26.9 Å². The fourth-order valence-corrected chi connectivity index (χ4v) is 1.87. The quantitative estimate of drug-likeness (QED) is 0.793. The highest BCUT2D eigenvalue weighted by atomic mass is 35.5. The van der Waals surface area contributed by atoms with Crippen LogP contribution in [0, 0.1) is 0 Å². The van der Waals surface area contributed by atoms with Crippen LogP contribution in [0.15, 0.2) is 17.0 Å². The number of rotatable bonds is 3. The van der Waals surface area contributed by atoms with Gasteiger partial charge in [0.05, 0.1) is 0 Å². The SMILES string of the molecule is CNC/C(C)=C/c1ccsc1Cl. The Morgan fingerprint density at radius 3 is 3.00 bits per heavy atom. The molecular formula is C9H12ClNS. The Hall–Kier alpha value is -0.310. The average Bonchev–Trinajstić information content (AvgIpc) is 2.37. The second-order valence-electron chi connectivity index (χ2n) is 2.67. The first-order valence-corrected chi connectivity index (χ1v) is 5.04. The van der Waals surface area contributed by atoms with Crippen LogP contribution in [0.2, 0.25) is 4.34 Å². The minimum absolute atomic E-state index is 0.866. The lowest BCUT2D eigenvalue weighted by atomic mass is 10.2. The molecule has 0 aliphatic carbocycles. The Bertz CT molecular complexity index is 278. The zero-order valence-electron chi connectivity index (χ0n) is 7.23. The number of nitrogens with one attached hydrogen (secondary N) is 1. The lowest BCUT2D eigenvalue weighted by Gasteiger charge is -1.97. The zero-order chi connectivity index (χ0) is 8.97. The fourth-order valence-electron chi connectivity index (χ4n) is 1.00. The van der Waals surface area contributed by atoms with Gasteiger partial charge >= 0.3 is 0 Å². The summed E-state index contributed by atoms with van der Waals surface area (Å²) in [7, 11) is 1.94. The molecule has 1 aromatic heterocycles. The lowest BCUT2D eigenvalue weighted by molar-refractivity contribution is 0.885. The third-order valence-corrected chi connectivity index (χ3v) is 2.70. The number of hydrogen-bond acceptors (Lipinski definition) is 2. The van der Waals surface area contributed by atoms with Crippen LogP contribution in [0.25, 0.3) is 6.08 Å². The number of halogens is 1. The third-order valence-electron chi connectivity index (χ3n) is 1.50. The van der Waals surface area contributed by atoms with Crippen molar-refractivity contribution in [2.45, 2.75) is 6.92 Å². The van der Waals surface area contributed by atoms with Crippen LogP contribution in [0.3, 0.4) is 0 Å². The number of thiophene rings is 1. The molecule has 3 heteroatoms. The summed E-state index contributed by atoms with van der Waals surface area (Å²) in [4.78, 5) is 0. The molecule has 1 heterocycles. The van der Waals surface area contributed by atoms with Crippen LogP contribution in [0.4, 0.5) is 0 Å². The Balaban J connectivity index is 2.73. The van der Waals surface area contributed by atoms with Gasteiger partial charge in [0, 0.05) is 12.1 Å². The van der Waals surface area contributed by atoms with E-state index < -0.39 is 0 Å². The molecule has 0 aliphatic heterocycles. The van der Waals surface area contributed by atoms with Gasteiger partial charge < -0.3 is 5.32 Å². The van der Waals surface area contributed by atoms with E-state index in [1.54, 1.807) is 11.3 Å². The van der Waals surface area contributed by atoms with Crippen LogP contribution in [-0.4, -0.2) is 13.6 Å². The predicted molar refractivity (Wildman–Crippen MR) is 56.9 cm³/mol. The molecule has 1 nitrogen and oxygen atoms in total. The van der Waals surface area contributed by atoms with Crippen LogP contribution in [0.5, 0.6) is 0 Å². The molecule has 0 aliphatic rings. The molecule has 0 atom stereocenters.